The smallest absolute Gasteiger partial charge is 0.147 e. The average Bonchev–Trinajstić information content (AvgIpc) is 2.60. The first-order valence-electron chi connectivity index (χ1n) is 8.73. The first kappa shape index (κ1) is 16.4. The number of benzene rings is 1. The van der Waals surface area contributed by atoms with Crippen LogP contribution in [0.1, 0.15) is 26.7 Å². The molecule has 2 aliphatic heterocycles. The molecule has 1 N–H and O–H groups in total. The molecule has 0 atom stereocenters. The molecule has 1 aromatic rings. The third kappa shape index (κ3) is 3.56. The van der Waals surface area contributed by atoms with Gasteiger partial charge in [0.25, 0.3) is 0 Å². The van der Waals surface area contributed by atoms with Crippen molar-refractivity contribution < 1.29 is 14.6 Å². The monoisotopic (exact) mass is 320 g/mol. The van der Waals surface area contributed by atoms with Gasteiger partial charge in [0.1, 0.15) is 17.1 Å². The van der Waals surface area contributed by atoms with Crippen molar-refractivity contribution in [1.29, 1.82) is 0 Å². The van der Waals surface area contributed by atoms with Gasteiger partial charge in [-0.2, -0.15) is 0 Å². The fraction of sp³-hybridized carbons (Fsp3) is 0.667. The van der Waals surface area contributed by atoms with E-state index >= 15 is 0 Å². The van der Waals surface area contributed by atoms with Crippen molar-refractivity contribution in [3.8, 4) is 11.5 Å². The molecule has 0 amide bonds. The van der Waals surface area contributed by atoms with Crippen LogP contribution in [-0.2, 0) is 4.74 Å². The lowest BCUT2D eigenvalue weighted by Crippen LogP contribution is -2.52. The Hall–Kier alpha value is -1.46. The van der Waals surface area contributed by atoms with Crippen LogP contribution >= 0.6 is 0 Å². The van der Waals surface area contributed by atoms with Crippen molar-refractivity contribution in [3.05, 3.63) is 18.2 Å². The minimum Gasteiger partial charge on any atom is -0.508 e. The molecule has 0 bridgehead atoms. The second-order valence-corrected chi connectivity index (χ2v) is 6.52. The van der Waals surface area contributed by atoms with Gasteiger partial charge >= 0.3 is 0 Å². The standard InChI is InChI=1S/C18H28N2O3/c1-3-18(4-2)14-20(8-7-19-9-11-22-12-10-19)16-6-5-15(21)13-17(16)23-18/h5-6,13,21H,3-4,7-12,14H2,1-2H3. The quantitative estimate of drug-likeness (QED) is 0.903. The van der Waals surface area contributed by atoms with Crippen LogP contribution in [0, 0.1) is 0 Å². The van der Waals surface area contributed by atoms with E-state index in [1.54, 1.807) is 12.1 Å². The van der Waals surface area contributed by atoms with Crippen LogP contribution in [0.4, 0.5) is 5.69 Å². The summed E-state index contributed by atoms with van der Waals surface area (Å²) in [5.41, 5.74) is 0.930. The first-order chi connectivity index (χ1) is 11.2. The van der Waals surface area contributed by atoms with E-state index in [2.05, 4.69) is 23.6 Å². The van der Waals surface area contributed by atoms with Gasteiger partial charge in [-0.3, -0.25) is 4.90 Å². The fourth-order valence-corrected chi connectivity index (χ4v) is 3.45. The minimum absolute atomic E-state index is 0.161. The molecule has 1 saturated heterocycles. The Kier molecular flexibility index (Phi) is 4.97. The molecule has 2 heterocycles. The van der Waals surface area contributed by atoms with E-state index in [-0.39, 0.29) is 11.4 Å². The molecule has 3 rings (SSSR count). The van der Waals surface area contributed by atoms with Gasteiger partial charge in [-0.05, 0) is 25.0 Å². The molecule has 1 aromatic carbocycles. The summed E-state index contributed by atoms with van der Waals surface area (Å²) in [6.45, 7) is 11.0. The van der Waals surface area contributed by atoms with Gasteiger partial charge in [0.15, 0.2) is 0 Å². The summed E-state index contributed by atoms with van der Waals surface area (Å²) in [5.74, 6) is 1.07. The lowest BCUT2D eigenvalue weighted by molar-refractivity contribution is 0.0357. The summed E-state index contributed by atoms with van der Waals surface area (Å²) in [7, 11) is 0. The van der Waals surface area contributed by atoms with Gasteiger partial charge in [-0.25, -0.2) is 0 Å². The van der Waals surface area contributed by atoms with Crippen molar-refractivity contribution in [2.24, 2.45) is 0 Å². The number of anilines is 1. The van der Waals surface area contributed by atoms with Crippen LogP contribution in [0.3, 0.4) is 0 Å². The summed E-state index contributed by atoms with van der Waals surface area (Å²) in [6, 6.07) is 5.46. The van der Waals surface area contributed by atoms with Crippen molar-refractivity contribution in [2.75, 3.05) is 50.8 Å². The average molecular weight is 320 g/mol. The Morgan fingerprint density at radius 3 is 2.57 bits per heavy atom. The molecule has 0 aliphatic carbocycles. The van der Waals surface area contributed by atoms with Crippen LogP contribution in [0.25, 0.3) is 0 Å². The molecule has 0 spiro atoms. The van der Waals surface area contributed by atoms with Gasteiger partial charge in [0.2, 0.25) is 0 Å². The minimum atomic E-state index is -0.161. The molecule has 23 heavy (non-hydrogen) atoms. The van der Waals surface area contributed by atoms with Gasteiger partial charge < -0.3 is 19.5 Å². The molecular formula is C18H28N2O3. The van der Waals surface area contributed by atoms with E-state index < -0.39 is 0 Å². The Balaban J connectivity index is 1.77. The number of nitrogens with zero attached hydrogens (tertiary/aromatic N) is 2. The topological polar surface area (TPSA) is 45.2 Å². The summed E-state index contributed by atoms with van der Waals surface area (Å²) < 4.78 is 11.7. The molecule has 0 saturated carbocycles. The van der Waals surface area contributed by atoms with E-state index in [1.807, 2.05) is 6.07 Å². The van der Waals surface area contributed by atoms with Crippen molar-refractivity contribution in [3.63, 3.8) is 0 Å². The van der Waals surface area contributed by atoms with Crippen molar-refractivity contribution in [2.45, 2.75) is 32.3 Å². The number of phenols is 1. The normalized spacial score (nSPS) is 20.9. The van der Waals surface area contributed by atoms with Crippen LogP contribution in [0.5, 0.6) is 11.5 Å². The predicted octanol–water partition coefficient (Wildman–Crippen LogP) is 2.48. The SMILES string of the molecule is CCC1(CC)CN(CCN2CCOCC2)c2ccc(O)cc2O1. The molecule has 2 aliphatic rings. The summed E-state index contributed by atoms with van der Waals surface area (Å²) in [5, 5.41) is 9.80. The second-order valence-electron chi connectivity index (χ2n) is 6.52. The summed E-state index contributed by atoms with van der Waals surface area (Å²) in [6.07, 6.45) is 1.93. The van der Waals surface area contributed by atoms with E-state index in [9.17, 15) is 5.11 Å². The van der Waals surface area contributed by atoms with Gasteiger partial charge in [-0.15, -0.1) is 0 Å². The highest BCUT2D eigenvalue weighted by Crippen LogP contribution is 2.41. The molecule has 1 fully saturated rings. The lowest BCUT2D eigenvalue weighted by Gasteiger charge is -2.44. The second kappa shape index (κ2) is 6.97. The number of hydrogen-bond donors (Lipinski definition) is 1. The van der Waals surface area contributed by atoms with Crippen molar-refractivity contribution >= 4 is 5.69 Å². The molecule has 5 heteroatoms. The van der Waals surface area contributed by atoms with Gasteiger partial charge in [-0.1, -0.05) is 13.8 Å². The zero-order chi connectivity index (χ0) is 16.3. The largest absolute Gasteiger partial charge is 0.508 e. The first-order valence-corrected chi connectivity index (χ1v) is 8.73. The maximum Gasteiger partial charge on any atom is 0.147 e. The highest BCUT2D eigenvalue weighted by molar-refractivity contribution is 5.63. The Labute approximate surface area is 138 Å². The van der Waals surface area contributed by atoms with E-state index in [1.165, 1.54) is 0 Å². The number of phenolic OH excluding ortho intramolecular Hbond substituents is 1. The van der Waals surface area contributed by atoms with Gasteiger partial charge in [0.05, 0.1) is 25.4 Å². The van der Waals surface area contributed by atoms with Crippen molar-refractivity contribution in [1.82, 2.24) is 4.90 Å². The molecule has 0 unspecified atom stereocenters. The molecule has 5 nitrogen and oxygen atoms in total. The van der Waals surface area contributed by atoms with E-state index in [0.29, 0.717) is 0 Å². The third-order valence-corrected chi connectivity index (χ3v) is 5.17. The van der Waals surface area contributed by atoms with Crippen LogP contribution in [0.2, 0.25) is 0 Å². The number of morpholine rings is 1. The predicted molar refractivity (Wildman–Crippen MR) is 91.5 cm³/mol. The molecular weight excluding hydrogens is 292 g/mol. The number of aromatic hydroxyl groups is 1. The molecule has 0 radical (unpaired) electrons. The van der Waals surface area contributed by atoms with Crippen LogP contribution in [-0.4, -0.2) is 61.5 Å². The maximum absolute atomic E-state index is 9.80. The van der Waals surface area contributed by atoms with Gasteiger partial charge in [0, 0.05) is 32.2 Å². The number of fused-ring (bicyclic) bond motifs is 1. The lowest BCUT2D eigenvalue weighted by atomic mass is 9.94. The Bertz CT molecular complexity index is 525. The maximum atomic E-state index is 9.80. The number of ether oxygens (including phenoxy) is 2. The Morgan fingerprint density at radius 2 is 1.87 bits per heavy atom. The van der Waals surface area contributed by atoms with Crippen LogP contribution < -0.4 is 9.64 Å². The van der Waals surface area contributed by atoms with E-state index in [4.69, 9.17) is 9.47 Å². The zero-order valence-corrected chi connectivity index (χ0v) is 14.3. The molecule has 0 aromatic heterocycles. The number of hydrogen-bond acceptors (Lipinski definition) is 5. The Morgan fingerprint density at radius 1 is 1.13 bits per heavy atom. The highest BCUT2D eigenvalue weighted by atomic mass is 16.5. The summed E-state index contributed by atoms with van der Waals surface area (Å²) in [4.78, 5) is 4.87. The number of rotatable bonds is 5. The van der Waals surface area contributed by atoms with E-state index in [0.717, 1.165) is 70.2 Å². The molecule has 128 valence electrons. The highest BCUT2D eigenvalue weighted by Gasteiger charge is 2.37. The zero-order valence-electron chi connectivity index (χ0n) is 14.3. The summed E-state index contributed by atoms with van der Waals surface area (Å²) >= 11 is 0. The van der Waals surface area contributed by atoms with Crippen LogP contribution in [0.15, 0.2) is 18.2 Å². The fourth-order valence-electron chi connectivity index (χ4n) is 3.45. The third-order valence-electron chi connectivity index (χ3n) is 5.17.